The number of carbonyl (C=O) groups is 1. The lowest BCUT2D eigenvalue weighted by Gasteiger charge is -2.32. The molecule has 0 radical (unpaired) electrons. The third-order valence-corrected chi connectivity index (χ3v) is 8.88. The van der Waals surface area contributed by atoms with E-state index in [9.17, 15) is 9.90 Å². The Morgan fingerprint density at radius 3 is 2.13 bits per heavy atom. The zero-order valence-corrected chi connectivity index (χ0v) is 22.0. The Morgan fingerprint density at radius 2 is 1.47 bits per heavy atom. The van der Waals surface area contributed by atoms with E-state index in [4.69, 9.17) is 0 Å². The van der Waals surface area contributed by atoms with E-state index >= 15 is 0 Å². The van der Waals surface area contributed by atoms with Crippen molar-refractivity contribution in [3.05, 3.63) is 59.9 Å². The summed E-state index contributed by atoms with van der Waals surface area (Å²) in [6, 6.07) is 11.8. The molecular weight excluding hydrogens is 474 g/mol. The summed E-state index contributed by atoms with van der Waals surface area (Å²) in [7, 11) is 0. The largest absolute Gasteiger partial charge is 0.380 e. The topological polar surface area (TPSA) is 101 Å². The number of fused-ring (bicyclic) bond motifs is 2. The number of amides is 1. The predicted octanol–water partition coefficient (Wildman–Crippen LogP) is 5.08. The number of rotatable bonds is 4. The van der Waals surface area contributed by atoms with Crippen molar-refractivity contribution in [1.82, 2.24) is 25.5 Å². The first kappa shape index (κ1) is 25.1. The summed E-state index contributed by atoms with van der Waals surface area (Å²) < 4.78 is 0. The number of nitrogens with one attached hydrogen (secondary N) is 1. The molecule has 4 atom stereocenters. The van der Waals surface area contributed by atoms with Crippen LogP contribution in [-0.2, 0) is 17.6 Å². The molecule has 3 aliphatic rings. The van der Waals surface area contributed by atoms with E-state index in [-0.39, 0.29) is 11.9 Å². The molecule has 7 heteroatoms. The molecule has 1 amide bonds. The smallest absolute Gasteiger partial charge is 0.252 e. The van der Waals surface area contributed by atoms with Crippen molar-refractivity contribution in [2.45, 2.75) is 88.7 Å². The van der Waals surface area contributed by atoms with Gasteiger partial charge >= 0.3 is 0 Å². The van der Waals surface area contributed by atoms with Crippen LogP contribution in [0.25, 0.3) is 22.8 Å². The SMILES string of the molecule is O=C(NC1CCCCCCC2CC21)[C@]1(O)CCCc2c(-c3ccccn3)nnc(-c3ccccn3)c2CC1. The minimum atomic E-state index is -1.39. The second-order valence-corrected chi connectivity index (χ2v) is 11.4. The fourth-order valence-electron chi connectivity index (χ4n) is 6.62. The van der Waals surface area contributed by atoms with E-state index in [0.717, 1.165) is 52.7 Å². The number of aliphatic hydroxyl groups is 1. The Morgan fingerprint density at radius 1 is 0.816 bits per heavy atom. The Kier molecular flexibility index (Phi) is 7.20. The minimum Gasteiger partial charge on any atom is -0.380 e. The van der Waals surface area contributed by atoms with Crippen LogP contribution in [0.15, 0.2) is 48.8 Å². The van der Waals surface area contributed by atoms with Crippen molar-refractivity contribution < 1.29 is 9.90 Å². The van der Waals surface area contributed by atoms with Crippen LogP contribution >= 0.6 is 0 Å². The van der Waals surface area contributed by atoms with Gasteiger partial charge in [-0.3, -0.25) is 14.8 Å². The van der Waals surface area contributed by atoms with Crippen LogP contribution in [0.4, 0.5) is 0 Å². The molecular formula is C31H37N5O2. The molecule has 3 aromatic rings. The van der Waals surface area contributed by atoms with Gasteiger partial charge in [-0.05, 0) is 92.2 Å². The van der Waals surface area contributed by atoms with Crippen LogP contribution in [0.2, 0.25) is 0 Å². The van der Waals surface area contributed by atoms with Gasteiger partial charge in [0.05, 0.1) is 11.4 Å². The monoisotopic (exact) mass is 511 g/mol. The van der Waals surface area contributed by atoms with Crippen LogP contribution in [0.5, 0.6) is 0 Å². The van der Waals surface area contributed by atoms with E-state index < -0.39 is 5.60 Å². The number of carbonyl (C=O) groups excluding carboxylic acids is 1. The zero-order valence-electron chi connectivity index (χ0n) is 22.0. The molecule has 3 aliphatic carbocycles. The molecule has 3 heterocycles. The summed E-state index contributed by atoms with van der Waals surface area (Å²) in [5, 5.41) is 24.3. The van der Waals surface area contributed by atoms with Crippen LogP contribution in [0.3, 0.4) is 0 Å². The normalized spacial score (nSPS) is 27.3. The Hall–Kier alpha value is -3.19. The number of aromatic nitrogens is 4. The van der Waals surface area contributed by atoms with Crippen LogP contribution in [0.1, 0.15) is 75.3 Å². The zero-order chi connectivity index (χ0) is 26.0. The number of hydrogen-bond donors (Lipinski definition) is 2. The molecule has 2 saturated carbocycles. The number of pyridine rings is 2. The first-order valence-corrected chi connectivity index (χ1v) is 14.4. The van der Waals surface area contributed by atoms with Crippen molar-refractivity contribution >= 4 is 5.91 Å². The van der Waals surface area contributed by atoms with E-state index in [1.165, 1.54) is 32.1 Å². The Bertz CT molecular complexity index is 1270. The van der Waals surface area contributed by atoms with Gasteiger partial charge < -0.3 is 10.4 Å². The minimum absolute atomic E-state index is 0.192. The Balaban J connectivity index is 1.28. The molecule has 0 aliphatic heterocycles. The number of nitrogens with zero attached hydrogens (tertiary/aromatic N) is 4. The summed E-state index contributed by atoms with van der Waals surface area (Å²) >= 11 is 0. The lowest BCUT2D eigenvalue weighted by molar-refractivity contribution is -0.142. The van der Waals surface area contributed by atoms with Crippen molar-refractivity contribution in [3.8, 4) is 22.8 Å². The summed E-state index contributed by atoms with van der Waals surface area (Å²) in [6.07, 6.45) is 14.7. The Labute approximate surface area is 224 Å². The molecule has 2 fully saturated rings. The van der Waals surface area contributed by atoms with E-state index in [2.05, 4.69) is 25.5 Å². The second kappa shape index (κ2) is 10.9. The van der Waals surface area contributed by atoms with E-state index in [1.807, 2.05) is 36.4 Å². The maximum Gasteiger partial charge on any atom is 0.252 e. The molecule has 198 valence electrons. The van der Waals surface area contributed by atoms with Gasteiger partial charge in [0, 0.05) is 18.4 Å². The average molecular weight is 512 g/mol. The maximum absolute atomic E-state index is 13.6. The lowest BCUT2D eigenvalue weighted by Crippen LogP contribution is -2.51. The molecule has 6 rings (SSSR count). The molecule has 3 aromatic heterocycles. The van der Waals surface area contributed by atoms with E-state index in [1.54, 1.807) is 12.4 Å². The first-order chi connectivity index (χ1) is 18.6. The molecule has 3 unspecified atom stereocenters. The highest BCUT2D eigenvalue weighted by atomic mass is 16.3. The van der Waals surface area contributed by atoms with Crippen molar-refractivity contribution in [1.29, 1.82) is 0 Å². The van der Waals surface area contributed by atoms with Crippen molar-refractivity contribution in [2.75, 3.05) is 0 Å². The molecule has 38 heavy (non-hydrogen) atoms. The van der Waals surface area contributed by atoms with Gasteiger partial charge in [0.1, 0.15) is 17.0 Å². The first-order valence-electron chi connectivity index (χ1n) is 14.4. The fraction of sp³-hybridized carbons (Fsp3) is 0.516. The quantitative estimate of drug-likeness (QED) is 0.507. The van der Waals surface area contributed by atoms with Crippen LogP contribution < -0.4 is 5.32 Å². The highest BCUT2D eigenvalue weighted by molar-refractivity contribution is 5.85. The fourth-order valence-corrected chi connectivity index (χ4v) is 6.62. The highest BCUT2D eigenvalue weighted by Crippen LogP contribution is 2.47. The van der Waals surface area contributed by atoms with Gasteiger partial charge in [0.15, 0.2) is 0 Å². The van der Waals surface area contributed by atoms with Gasteiger partial charge in [-0.15, -0.1) is 10.2 Å². The maximum atomic E-state index is 13.6. The summed E-state index contributed by atoms with van der Waals surface area (Å²) in [4.78, 5) is 22.7. The van der Waals surface area contributed by atoms with Crippen LogP contribution in [-0.4, -0.2) is 42.8 Å². The van der Waals surface area contributed by atoms with Gasteiger partial charge in [0.25, 0.3) is 5.91 Å². The van der Waals surface area contributed by atoms with Gasteiger partial charge in [-0.1, -0.05) is 44.2 Å². The van der Waals surface area contributed by atoms with Gasteiger partial charge in [-0.25, -0.2) is 0 Å². The average Bonchev–Trinajstić information content (AvgIpc) is 3.71. The molecule has 0 bridgehead atoms. The van der Waals surface area contributed by atoms with Gasteiger partial charge in [0.2, 0.25) is 0 Å². The lowest BCUT2D eigenvalue weighted by atomic mass is 9.81. The molecule has 0 spiro atoms. The predicted molar refractivity (Wildman–Crippen MR) is 146 cm³/mol. The van der Waals surface area contributed by atoms with Crippen molar-refractivity contribution in [3.63, 3.8) is 0 Å². The summed E-state index contributed by atoms with van der Waals surface area (Å²) in [5.41, 5.74) is 3.76. The van der Waals surface area contributed by atoms with Gasteiger partial charge in [-0.2, -0.15) is 0 Å². The third kappa shape index (κ3) is 5.21. The highest BCUT2D eigenvalue weighted by Gasteiger charge is 2.45. The van der Waals surface area contributed by atoms with E-state index in [0.29, 0.717) is 38.0 Å². The molecule has 2 N–H and O–H groups in total. The standard InChI is InChI=1S/C31H37N5O2/c37-30(34-25-12-4-2-1-3-10-21-20-24(21)25)31(38)16-9-11-22-23(15-17-31)29(27-14-6-8-19-33-27)36-35-28(22)26-13-5-7-18-32-26/h5-8,13-14,18-19,21,24-25,38H,1-4,9-12,15-17,20H2,(H,34,37)/t21?,24?,25?,31-/m0/s1. The summed E-state index contributed by atoms with van der Waals surface area (Å²) in [5.74, 6) is 1.14. The molecule has 7 nitrogen and oxygen atoms in total. The second-order valence-electron chi connectivity index (χ2n) is 11.4. The third-order valence-electron chi connectivity index (χ3n) is 8.88. The van der Waals surface area contributed by atoms with Crippen molar-refractivity contribution in [2.24, 2.45) is 11.8 Å². The molecule has 0 saturated heterocycles. The molecule has 0 aromatic carbocycles. The summed E-state index contributed by atoms with van der Waals surface area (Å²) in [6.45, 7) is 0. The van der Waals surface area contributed by atoms with Crippen LogP contribution in [0, 0.1) is 11.8 Å². The number of hydrogen-bond acceptors (Lipinski definition) is 6.